The third-order valence-corrected chi connectivity index (χ3v) is 4.69. The molecule has 0 saturated carbocycles. The van der Waals surface area contributed by atoms with Gasteiger partial charge in [0, 0.05) is 18.7 Å². The Morgan fingerprint density at radius 1 is 1.08 bits per heavy atom. The number of aromatic nitrogens is 3. The van der Waals surface area contributed by atoms with Crippen LogP contribution in [0, 0.1) is 0 Å². The Hall–Kier alpha value is -2.86. The molecule has 0 fully saturated rings. The summed E-state index contributed by atoms with van der Waals surface area (Å²) in [6.07, 6.45) is 1.80. The maximum absolute atomic E-state index is 12.1. The second-order valence-electron chi connectivity index (χ2n) is 5.62. The maximum atomic E-state index is 12.1. The molecular formula is C20H20N4OS. The van der Waals surface area contributed by atoms with Crippen molar-refractivity contribution in [3.63, 3.8) is 0 Å². The van der Waals surface area contributed by atoms with E-state index in [0.29, 0.717) is 18.2 Å². The van der Waals surface area contributed by atoms with E-state index in [2.05, 4.69) is 22.1 Å². The first kappa shape index (κ1) is 17.9. The quantitative estimate of drug-likeness (QED) is 0.491. The number of hydrogen-bond acceptors (Lipinski definition) is 4. The van der Waals surface area contributed by atoms with E-state index in [1.807, 2.05) is 65.2 Å². The van der Waals surface area contributed by atoms with E-state index in [0.717, 1.165) is 17.0 Å². The van der Waals surface area contributed by atoms with Gasteiger partial charge in [-0.1, -0.05) is 78.5 Å². The molecule has 1 amide bonds. The third kappa shape index (κ3) is 4.61. The Morgan fingerprint density at radius 3 is 2.46 bits per heavy atom. The monoisotopic (exact) mass is 364 g/mol. The van der Waals surface area contributed by atoms with Gasteiger partial charge in [-0.15, -0.1) is 16.8 Å². The van der Waals surface area contributed by atoms with Crippen molar-refractivity contribution in [3.8, 4) is 11.4 Å². The highest BCUT2D eigenvalue weighted by Gasteiger charge is 2.14. The van der Waals surface area contributed by atoms with E-state index in [1.54, 1.807) is 6.08 Å². The maximum Gasteiger partial charge on any atom is 0.230 e. The number of benzene rings is 2. The molecule has 6 heteroatoms. The first-order valence-electron chi connectivity index (χ1n) is 8.31. The number of nitrogens with one attached hydrogen (secondary N) is 1. The summed E-state index contributed by atoms with van der Waals surface area (Å²) in [6, 6.07) is 19.7. The van der Waals surface area contributed by atoms with Gasteiger partial charge in [0.05, 0.1) is 5.75 Å². The summed E-state index contributed by atoms with van der Waals surface area (Å²) in [5.41, 5.74) is 2.06. The minimum atomic E-state index is -0.0340. The predicted molar refractivity (Wildman–Crippen MR) is 105 cm³/mol. The molecule has 0 atom stereocenters. The molecule has 0 aliphatic carbocycles. The van der Waals surface area contributed by atoms with Crippen LogP contribution in [-0.4, -0.2) is 26.4 Å². The van der Waals surface area contributed by atoms with Crippen LogP contribution in [-0.2, 0) is 17.9 Å². The summed E-state index contributed by atoms with van der Waals surface area (Å²) in [5.74, 6) is 1.03. The summed E-state index contributed by atoms with van der Waals surface area (Å²) >= 11 is 1.38. The molecule has 132 valence electrons. The molecule has 0 spiro atoms. The molecule has 0 aliphatic rings. The lowest BCUT2D eigenvalue weighted by molar-refractivity contribution is -0.118. The van der Waals surface area contributed by atoms with Gasteiger partial charge in [-0.3, -0.25) is 9.36 Å². The molecule has 1 aromatic heterocycles. The van der Waals surface area contributed by atoms with Crippen molar-refractivity contribution in [1.29, 1.82) is 0 Å². The molecule has 0 unspecified atom stereocenters. The molecule has 1 N–H and O–H groups in total. The molecule has 3 rings (SSSR count). The van der Waals surface area contributed by atoms with Crippen LogP contribution in [0.5, 0.6) is 0 Å². The lowest BCUT2D eigenvalue weighted by atomic mass is 10.2. The molecule has 5 nitrogen and oxygen atoms in total. The summed E-state index contributed by atoms with van der Waals surface area (Å²) < 4.78 is 1.97. The number of allylic oxidation sites excluding steroid dienone is 1. The molecule has 0 saturated heterocycles. The van der Waals surface area contributed by atoms with Gasteiger partial charge in [0.15, 0.2) is 11.0 Å². The minimum absolute atomic E-state index is 0.0340. The SMILES string of the molecule is C=CCn1c(SCC(=O)NCc2ccccc2)nnc1-c1ccccc1. The van der Waals surface area contributed by atoms with Crippen molar-refractivity contribution in [1.82, 2.24) is 20.1 Å². The van der Waals surface area contributed by atoms with Crippen LogP contribution in [0.3, 0.4) is 0 Å². The number of carbonyl (C=O) groups excluding carboxylic acids is 1. The fourth-order valence-corrected chi connectivity index (χ4v) is 3.25. The van der Waals surface area contributed by atoms with E-state index in [-0.39, 0.29) is 11.7 Å². The first-order chi connectivity index (χ1) is 12.8. The van der Waals surface area contributed by atoms with Gasteiger partial charge in [-0.2, -0.15) is 0 Å². The summed E-state index contributed by atoms with van der Waals surface area (Å²) in [7, 11) is 0. The van der Waals surface area contributed by atoms with Gasteiger partial charge in [0.2, 0.25) is 5.91 Å². The highest BCUT2D eigenvalue weighted by Crippen LogP contribution is 2.23. The average Bonchev–Trinajstić information content (AvgIpc) is 3.09. The van der Waals surface area contributed by atoms with Crippen molar-refractivity contribution in [2.45, 2.75) is 18.2 Å². The zero-order valence-electron chi connectivity index (χ0n) is 14.3. The van der Waals surface area contributed by atoms with Gasteiger partial charge in [-0.25, -0.2) is 0 Å². The second-order valence-corrected chi connectivity index (χ2v) is 6.56. The largest absolute Gasteiger partial charge is 0.351 e. The average molecular weight is 364 g/mol. The Labute approximate surface area is 157 Å². The van der Waals surface area contributed by atoms with Crippen molar-refractivity contribution in [2.75, 3.05) is 5.75 Å². The number of rotatable bonds is 8. The van der Waals surface area contributed by atoms with Crippen LogP contribution in [0.15, 0.2) is 78.5 Å². The van der Waals surface area contributed by atoms with E-state index in [1.165, 1.54) is 11.8 Å². The summed E-state index contributed by atoms with van der Waals surface area (Å²) in [6.45, 7) is 4.92. The van der Waals surface area contributed by atoms with Crippen molar-refractivity contribution < 1.29 is 4.79 Å². The molecule has 1 heterocycles. The van der Waals surface area contributed by atoms with Gasteiger partial charge in [0.1, 0.15) is 0 Å². The number of carbonyl (C=O) groups is 1. The van der Waals surface area contributed by atoms with Crippen LogP contribution in [0.2, 0.25) is 0 Å². The van der Waals surface area contributed by atoms with Crippen LogP contribution >= 0.6 is 11.8 Å². The van der Waals surface area contributed by atoms with Gasteiger partial charge >= 0.3 is 0 Å². The van der Waals surface area contributed by atoms with Gasteiger partial charge in [-0.05, 0) is 5.56 Å². The Kier molecular flexibility index (Phi) is 6.22. The van der Waals surface area contributed by atoms with E-state index >= 15 is 0 Å². The topological polar surface area (TPSA) is 59.8 Å². The molecular weight excluding hydrogens is 344 g/mol. The zero-order chi connectivity index (χ0) is 18.2. The number of hydrogen-bond donors (Lipinski definition) is 1. The number of amides is 1. The van der Waals surface area contributed by atoms with Crippen molar-refractivity contribution >= 4 is 17.7 Å². The van der Waals surface area contributed by atoms with E-state index in [9.17, 15) is 4.79 Å². The second kappa shape index (κ2) is 9.01. The van der Waals surface area contributed by atoms with E-state index < -0.39 is 0 Å². The first-order valence-corrected chi connectivity index (χ1v) is 9.29. The highest BCUT2D eigenvalue weighted by molar-refractivity contribution is 7.99. The predicted octanol–water partition coefficient (Wildman–Crippen LogP) is 3.54. The number of thioether (sulfide) groups is 1. The molecule has 0 bridgehead atoms. The number of nitrogens with zero attached hydrogens (tertiary/aromatic N) is 3. The van der Waals surface area contributed by atoms with Gasteiger partial charge < -0.3 is 5.32 Å². The smallest absolute Gasteiger partial charge is 0.230 e. The summed E-state index contributed by atoms with van der Waals surface area (Å²) in [5, 5.41) is 12.2. The van der Waals surface area contributed by atoms with Crippen molar-refractivity contribution in [2.24, 2.45) is 0 Å². The van der Waals surface area contributed by atoms with Crippen molar-refractivity contribution in [3.05, 3.63) is 78.9 Å². The lowest BCUT2D eigenvalue weighted by Crippen LogP contribution is -2.24. The Morgan fingerprint density at radius 2 is 1.77 bits per heavy atom. The Balaban J connectivity index is 1.63. The molecule has 26 heavy (non-hydrogen) atoms. The molecule has 0 radical (unpaired) electrons. The minimum Gasteiger partial charge on any atom is -0.351 e. The summed E-state index contributed by atoms with van der Waals surface area (Å²) in [4.78, 5) is 12.1. The zero-order valence-corrected chi connectivity index (χ0v) is 15.2. The van der Waals surface area contributed by atoms with Gasteiger partial charge in [0.25, 0.3) is 0 Å². The van der Waals surface area contributed by atoms with Crippen LogP contribution in [0.1, 0.15) is 5.56 Å². The van der Waals surface area contributed by atoms with Crippen LogP contribution in [0.4, 0.5) is 0 Å². The molecule has 2 aromatic carbocycles. The molecule has 3 aromatic rings. The van der Waals surface area contributed by atoms with Crippen LogP contribution in [0.25, 0.3) is 11.4 Å². The molecule has 0 aliphatic heterocycles. The van der Waals surface area contributed by atoms with Crippen LogP contribution < -0.4 is 5.32 Å². The fraction of sp³-hybridized carbons (Fsp3) is 0.150. The fourth-order valence-electron chi connectivity index (χ4n) is 2.47. The standard InChI is InChI=1S/C20H20N4OS/c1-2-13-24-19(17-11-7-4-8-12-17)22-23-20(24)26-15-18(25)21-14-16-9-5-3-6-10-16/h2-12H,1,13-15H2,(H,21,25). The Bertz CT molecular complexity index is 862. The normalized spacial score (nSPS) is 10.5. The van der Waals surface area contributed by atoms with E-state index in [4.69, 9.17) is 0 Å². The third-order valence-electron chi connectivity index (χ3n) is 3.73. The lowest BCUT2D eigenvalue weighted by Gasteiger charge is -2.08. The highest BCUT2D eigenvalue weighted by atomic mass is 32.2.